The molecule has 2 rings (SSSR count). The van der Waals surface area contributed by atoms with Gasteiger partial charge in [0.2, 0.25) is 10.0 Å². The lowest BCUT2D eigenvalue weighted by Gasteiger charge is -2.18. The molecule has 0 aliphatic rings. The Morgan fingerprint density at radius 3 is 2.14 bits per heavy atom. The van der Waals surface area contributed by atoms with Crippen molar-refractivity contribution in [3.05, 3.63) is 59.7 Å². The number of rotatable bonds is 9. The Balaban J connectivity index is 1.86. The van der Waals surface area contributed by atoms with Crippen LogP contribution in [0.25, 0.3) is 0 Å². The molecule has 2 aromatic carbocycles. The van der Waals surface area contributed by atoms with Gasteiger partial charge in [-0.1, -0.05) is 26.0 Å². The highest BCUT2D eigenvalue weighted by Gasteiger charge is 2.21. The van der Waals surface area contributed by atoms with Gasteiger partial charge in [0.1, 0.15) is 0 Å². The van der Waals surface area contributed by atoms with Crippen molar-refractivity contribution in [2.75, 3.05) is 25.4 Å². The standard InChI is InChI=1S/C20H25N3O5S/c1-3-23(4-2)29(26,27)18-11-5-15(6-12-18)13-22-19(24)14-28-20(25)16-7-9-17(21)10-8-16/h5-12H,3-4,13-14,21H2,1-2H3,(H,22,24). The van der Waals surface area contributed by atoms with Crippen LogP contribution in [0.4, 0.5) is 5.69 Å². The second-order valence-electron chi connectivity index (χ2n) is 6.21. The molecule has 0 saturated carbocycles. The van der Waals surface area contributed by atoms with Crippen LogP contribution in [-0.4, -0.2) is 44.3 Å². The van der Waals surface area contributed by atoms with Gasteiger partial charge in [-0.05, 0) is 42.0 Å². The minimum Gasteiger partial charge on any atom is -0.452 e. The lowest BCUT2D eigenvalue weighted by atomic mass is 10.2. The number of sulfonamides is 1. The van der Waals surface area contributed by atoms with E-state index in [-0.39, 0.29) is 11.4 Å². The van der Waals surface area contributed by atoms with Crippen LogP contribution in [0.3, 0.4) is 0 Å². The molecule has 0 fully saturated rings. The van der Waals surface area contributed by atoms with E-state index in [9.17, 15) is 18.0 Å². The van der Waals surface area contributed by atoms with Crippen molar-refractivity contribution >= 4 is 27.6 Å². The van der Waals surface area contributed by atoms with Gasteiger partial charge in [-0.25, -0.2) is 13.2 Å². The number of nitrogen functional groups attached to an aromatic ring is 1. The zero-order valence-corrected chi connectivity index (χ0v) is 17.2. The lowest BCUT2D eigenvalue weighted by molar-refractivity contribution is -0.124. The second kappa shape index (κ2) is 10.0. The molecule has 3 N–H and O–H groups in total. The molecule has 0 aliphatic heterocycles. The summed E-state index contributed by atoms with van der Waals surface area (Å²) in [6.07, 6.45) is 0. The average molecular weight is 420 g/mol. The highest BCUT2D eigenvalue weighted by atomic mass is 32.2. The Kier molecular flexibility index (Phi) is 7.74. The van der Waals surface area contributed by atoms with E-state index in [1.807, 2.05) is 0 Å². The van der Waals surface area contributed by atoms with Crippen molar-refractivity contribution < 1.29 is 22.7 Å². The molecule has 0 atom stereocenters. The fourth-order valence-electron chi connectivity index (χ4n) is 2.58. The molecule has 1 amide bonds. The number of hydrogen-bond acceptors (Lipinski definition) is 6. The maximum absolute atomic E-state index is 12.5. The van der Waals surface area contributed by atoms with E-state index in [0.717, 1.165) is 5.56 Å². The first-order valence-electron chi connectivity index (χ1n) is 9.16. The Bertz CT molecular complexity index is 937. The summed E-state index contributed by atoms with van der Waals surface area (Å²) in [5, 5.41) is 2.62. The SMILES string of the molecule is CCN(CC)S(=O)(=O)c1ccc(CNC(=O)COC(=O)c2ccc(N)cc2)cc1. The number of esters is 1. The van der Waals surface area contributed by atoms with Crippen molar-refractivity contribution in [2.45, 2.75) is 25.3 Å². The normalized spacial score (nSPS) is 11.3. The summed E-state index contributed by atoms with van der Waals surface area (Å²) in [4.78, 5) is 24.0. The van der Waals surface area contributed by atoms with Crippen LogP contribution in [-0.2, 0) is 26.1 Å². The number of ether oxygens (including phenoxy) is 1. The van der Waals surface area contributed by atoms with Crippen LogP contribution in [0, 0.1) is 0 Å². The summed E-state index contributed by atoms with van der Waals surface area (Å²) in [5.74, 6) is -1.08. The number of carbonyl (C=O) groups excluding carboxylic acids is 2. The Labute approximate surface area is 170 Å². The summed E-state index contributed by atoms with van der Waals surface area (Å²) in [7, 11) is -3.52. The fraction of sp³-hybridized carbons (Fsp3) is 0.300. The van der Waals surface area contributed by atoms with E-state index < -0.39 is 28.5 Å². The molecule has 9 heteroatoms. The molecular formula is C20H25N3O5S. The number of hydrogen-bond donors (Lipinski definition) is 2. The summed E-state index contributed by atoms with van der Waals surface area (Å²) in [5.41, 5.74) is 7.10. The van der Waals surface area contributed by atoms with Gasteiger partial charge in [0.05, 0.1) is 10.5 Å². The van der Waals surface area contributed by atoms with E-state index >= 15 is 0 Å². The number of amides is 1. The van der Waals surface area contributed by atoms with Crippen LogP contribution in [0.1, 0.15) is 29.8 Å². The summed E-state index contributed by atoms with van der Waals surface area (Å²) < 4.78 is 31.2. The van der Waals surface area contributed by atoms with Crippen molar-refractivity contribution in [2.24, 2.45) is 0 Å². The van der Waals surface area contributed by atoms with Crippen molar-refractivity contribution in [3.8, 4) is 0 Å². The molecule has 156 valence electrons. The number of nitrogens with two attached hydrogens (primary N) is 1. The van der Waals surface area contributed by atoms with Crippen molar-refractivity contribution in [3.63, 3.8) is 0 Å². The minimum atomic E-state index is -3.52. The number of nitrogens with zero attached hydrogens (tertiary/aromatic N) is 1. The lowest BCUT2D eigenvalue weighted by Crippen LogP contribution is -2.30. The molecule has 0 aliphatic carbocycles. The summed E-state index contributed by atoms with van der Waals surface area (Å²) >= 11 is 0. The third kappa shape index (κ3) is 6.03. The van der Waals surface area contributed by atoms with Gasteiger partial charge < -0.3 is 15.8 Å². The van der Waals surface area contributed by atoms with Gasteiger partial charge in [-0.2, -0.15) is 4.31 Å². The summed E-state index contributed by atoms with van der Waals surface area (Å²) in [6, 6.07) is 12.5. The molecule has 0 spiro atoms. The van der Waals surface area contributed by atoms with Crippen LogP contribution < -0.4 is 11.1 Å². The third-order valence-electron chi connectivity index (χ3n) is 4.24. The fourth-order valence-corrected chi connectivity index (χ4v) is 4.04. The van der Waals surface area contributed by atoms with Gasteiger partial charge >= 0.3 is 5.97 Å². The number of carbonyl (C=O) groups is 2. The molecule has 0 heterocycles. The largest absolute Gasteiger partial charge is 0.452 e. The Hall–Kier alpha value is -2.91. The molecule has 29 heavy (non-hydrogen) atoms. The molecule has 0 radical (unpaired) electrons. The van der Waals surface area contributed by atoms with E-state index in [1.54, 1.807) is 38.1 Å². The van der Waals surface area contributed by atoms with Gasteiger partial charge in [0.25, 0.3) is 5.91 Å². The molecule has 8 nitrogen and oxygen atoms in total. The molecular weight excluding hydrogens is 394 g/mol. The van der Waals surface area contributed by atoms with Crippen LogP contribution in [0.2, 0.25) is 0 Å². The first kappa shape index (κ1) is 22.4. The van der Waals surface area contributed by atoms with Gasteiger partial charge in [0.15, 0.2) is 6.61 Å². The predicted octanol–water partition coefficient (Wildman–Crippen LogP) is 1.77. The highest BCUT2D eigenvalue weighted by Crippen LogP contribution is 2.16. The molecule has 0 bridgehead atoms. The van der Waals surface area contributed by atoms with Crippen LogP contribution >= 0.6 is 0 Å². The molecule has 2 aromatic rings. The quantitative estimate of drug-likeness (QED) is 0.472. The first-order valence-corrected chi connectivity index (χ1v) is 10.6. The predicted molar refractivity (Wildman–Crippen MR) is 110 cm³/mol. The molecule has 0 unspecified atom stereocenters. The Morgan fingerprint density at radius 2 is 1.59 bits per heavy atom. The first-order chi connectivity index (χ1) is 13.8. The minimum absolute atomic E-state index is 0.184. The van der Waals surface area contributed by atoms with Gasteiger partial charge in [-0.15, -0.1) is 0 Å². The number of anilines is 1. The van der Waals surface area contributed by atoms with Crippen LogP contribution in [0.5, 0.6) is 0 Å². The smallest absolute Gasteiger partial charge is 0.338 e. The monoisotopic (exact) mass is 419 g/mol. The zero-order valence-electron chi connectivity index (χ0n) is 16.4. The van der Waals surface area contributed by atoms with Gasteiger partial charge in [-0.3, -0.25) is 4.79 Å². The van der Waals surface area contributed by atoms with Gasteiger partial charge in [0, 0.05) is 25.3 Å². The molecule has 0 saturated heterocycles. The van der Waals surface area contributed by atoms with Crippen molar-refractivity contribution in [1.29, 1.82) is 0 Å². The van der Waals surface area contributed by atoms with E-state index in [4.69, 9.17) is 10.5 Å². The second-order valence-corrected chi connectivity index (χ2v) is 8.15. The maximum Gasteiger partial charge on any atom is 0.338 e. The highest BCUT2D eigenvalue weighted by molar-refractivity contribution is 7.89. The third-order valence-corrected chi connectivity index (χ3v) is 6.30. The summed E-state index contributed by atoms with van der Waals surface area (Å²) in [6.45, 7) is 4.12. The maximum atomic E-state index is 12.5. The zero-order chi connectivity index (χ0) is 21.4. The Morgan fingerprint density at radius 1 is 1.00 bits per heavy atom. The van der Waals surface area contributed by atoms with E-state index in [1.165, 1.54) is 28.6 Å². The van der Waals surface area contributed by atoms with E-state index in [2.05, 4.69) is 5.32 Å². The number of benzene rings is 2. The number of nitrogens with one attached hydrogen (secondary N) is 1. The average Bonchev–Trinajstić information content (AvgIpc) is 2.72. The van der Waals surface area contributed by atoms with Crippen molar-refractivity contribution in [1.82, 2.24) is 9.62 Å². The van der Waals surface area contributed by atoms with E-state index in [0.29, 0.717) is 24.3 Å². The van der Waals surface area contributed by atoms with Crippen LogP contribution in [0.15, 0.2) is 53.4 Å². The molecule has 0 aromatic heterocycles. The topological polar surface area (TPSA) is 119 Å².